The summed E-state index contributed by atoms with van der Waals surface area (Å²) in [5.41, 5.74) is 0.654. The molecule has 1 aliphatic carbocycles. The molecule has 0 unspecified atom stereocenters. The predicted octanol–water partition coefficient (Wildman–Crippen LogP) is 3.97. The van der Waals surface area contributed by atoms with Gasteiger partial charge in [0.15, 0.2) is 16.3 Å². The minimum atomic E-state index is -0.0420. The van der Waals surface area contributed by atoms with Crippen LogP contribution in [-0.4, -0.2) is 22.8 Å². The summed E-state index contributed by atoms with van der Waals surface area (Å²) in [6.07, 6.45) is 4.32. The summed E-state index contributed by atoms with van der Waals surface area (Å²) < 4.78 is 13.5. The second kappa shape index (κ2) is 6.74. The third-order valence-corrected chi connectivity index (χ3v) is 4.58. The average Bonchev–Trinajstić information content (AvgIpc) is 3.03. The van der Waals surface area contributed by atoms with Crippen LogP contribution in [0.3, 0.4) is 0 Å². The minimum absolute atomic E-state index is 0.0420. The topological polar surface area (TPSA) is 56.2 Å². The van der Waals surface area contributed by atoms with E-state index in [-0.39, 0.29) is 11.6 Å². The Morgan fingerprint density at radius 2 is 1.78 bits per heavy atom. The summed E-state index contributed by atoms with van der Waals surface area (Å²) in [5, 5.41) is 0.595. The van der Waals surface area contributed by atoms with Crippen LogP contribution in [0.2, 0.25) is 0 Å². The van der Waals surface area contributed by atoms with Crippen LogP contribution in [0.1, 0.15) is 45.6 Å². The molecule has 0 saturated heterocycles. The first-order chi connectivity index (χ1) is 11.2. The lowest BCUT2D eigenvalue weighted by molar-refractivity contribution is 0.288. The number of benzene rings is 1. The van der Waals surface area contributed by atoms with Crippen LogP contribution >= 0.6 is 12.2 Å². The summed E-state index contributed by atoms with van der Waals surface area (Å²) in [6.45, 7) is 4.88. The molecule has 1 aliphatic rings. The van der Waals surface area contributed by atoms with Crippen molar-refractivity contribution in [2.75, 3.05) is 13.2 Å². The fourth-order valence-corrected chi connectivity index (χ4v) is 3.61. The second-order valence-electron chi connectivity index (χ2n) is 5.75. The number of hydrogen-bond donors (Lipinski definition) is 1. The number of fused-ring (bicyclic) bond motifs is 1. The molecule has 0 spiro atoms. The Balaban J connectivity index is 2.21. The van der Waals surface area contributed by atoms with Crippen molar-refractivity contribution in [1.29, 1.82) is 0 Å². The van der Waals surface area contributed by atoms with Gasteiger partial charge in [-0.3, -0.25) is 9.36 Å². The fraction of sp³-hybridized carbons (Fsp3) is 0.529. The van der Waals surface area contributed by atoms with Crippen molar-refractivity contribution in [3.8, 4) is 11.5 Å². The molecule has 1 aromatic carbocycles. The largest absolute Gasteiger partial charge is 0.490 e. The Hall–Kier alpha value is -1.82. The maximum atomic E-state index is 12.9. The molecule has 6 heteroatoms. The van der Waals surface area contributed by atoms with Gasteiger partial charge in [-0.2, -0.15) is 0 Å². The Morgan fingerprint density at radius 1 is 1.17 bits per heavy atom. The molecule has 0 aliphatic heterocycles. The number of ether oxygens (including phenoxy) is 2. The molecule has 5 nitrogen and oxygen atoms in total. The summed E-state index contributed by atoms with van der Waals surface area (Å²) in [4.78, 5) is 16.1. The maximum Gasteiger partial charge on any atom is 0.262 e. The molecule has 0 amide bonds. The number of nitrogens with one attached hydrogen (secondary N) is 1. The SMILES string of the molecule is CCOc1cc2[nH]c(=S)n(C3CCCC3)c(=O)c2cc1OCC. The highest BCUT2D eigenvalue weighted by atomic mass is 32.1. The highest BCUT2D eigenvalue weighted by Crippen LogP contribution is 2.32. The van der Waals surface area contributed by atoms with Crippen LogP contribution in [-0.2, 0) is 0 Å². The number of aromatic amines is 1. The second-order valence-corrected chi connectivity index (χ2v) is 6.14. The van der Waals surface area contributed by atoms with Gasteiger partial charge in [0.25, 0.3) is 5.56 Å². The standard InChI is InChI=1S/C17H22N2O3S/c1-3-21-14-9-12-13(10-15(14)22-4-2)18-17(23)19(16(12)20)11-7-5-6-8-11/h9-11H,3-8H2,1-2H3,(H,18,23). The van der Waals surface area contributed by atoms with Crippen LogP contribution in [0.25, 0.3) is 10.9 Å². The number of hydrogen-bond acceptors (Lipinski definition) is 4. The molecule has 0 bridgehead atoms. The molecule has 124 valence electrons. The zero-order valence-corrected chi connectivity index (χ0v) is 14.4. The quantitative estimate of drug-likeness (QED) is 0.841. The Kier molecular flexibility index (Phi) is 4.71. The molecule has 1 aromatic heterocycles. The van der Waals surface area contributed by atoms with Crippen LogP contribution in [0.4, 0.5) is 0 Å². The van der Waals surface area contributed by atoms with Crippen molar-refractivity contribution >= 4 is 23.1 Å². The van der Waals surface area contributed by atoms with E-state index in [4.69, 9.17) is 21.7 Å². The van der Waals surface area contributed by atoms with E-state index in [0.717, 1.165) is 25.7 Å². The molecule has 0 atom stereocenters. The van der Waals surface area contributed by atoms with E-state index in [0.29, 0.717) is 40.4 Å². The number of rotatable bonds is 5. The molecule has 0 radical (unpaired) electrons. The van der Waals surface area contributed by atoms with E-state index in [1.807, 2.05) is 13.8 Å². The molecule has 23 heavy (non-hydrogen) atoms. The van der Waals surface area contributed by atoms with Gasteiger partial charge in [0.2, 0.25) is 0 Å². The van der Waals surface area contributed by atoms with Gasteiger partial charge in [-0.25, -0.2) is 0 Å². The van der Waals surface area contributed by atoms with Crippen molar-refractivity contribution in [2.24, 2.45) is 0 Å². The molecule has 1 saturated carbocycles. The normalized spacial score (nSPS) is 15.2. The van der Waals surface area contributed by atoms with Gasteiger partial charge in [0.05, 0.1) is 24.1 Å². The van der Waals surface area contributed by atoms with Gasteiger partial charge in [-0.05, 0) is 45.0 Å². The summed E-state index contributed by atoms with van der Waals surface area (Å²) >= 11 is 5.43. The molecule has 1 fully saturated rings. The smallest absolute Gasteiger partial charge is 0.262 e. The summed E-state index contributed by atoms with van der Waals surface area (Å²) in [7, 11) is 0. The first-order valence-corrected chi connectivity index (χ1v) is 8.64. The van der Waals surface area contributed by atoms with Crippen molar-refractivity contribution in [2.45, 2.75) is 45.6 Å². The van der Waals surface area contributed by atoms with Crippen LogP contribution in [0.5, 0.6) is 11.5 Å². The average molecular weight is 334 g/mol. The molecular weight excluding hydrogens is 312 g/mol. The van der Waals surface area contributed by atoms with Crippen molar-refractivity contribution in [3.05, 3.63) is 27.3 Å². The first-order valence-electron chi connectivity index (χ1n) is 8.23. The molecule has 2 aromatic rings. The van der Waals surface area contributed by atoms with Gasteiger partial charge < -0.3 is 14.5 Å². The summed E-state index contributed by atoms with van der Waals surface area (Å²) in [5.74, 6) is 1.23. The lowest BCUT2D eigenvalue weighted by Gasteiger charge is -2.16. The third kappa shape index (κ3) is 3.00. The van der Waals surface area contributed by atoms with Crippen molar-refractivity contribution < 1.29 is 9.47 Å². The number of nitrogens with zero attached hydrogens (tertiary/aromatic N) is 1. The van der Waals surface area contributed by atoms with Gasteiger partial charge in [0, 0.05) is 12.1 Å². The van der Waals surface area contributed by atoms with Gasteiger partial charge in [-0.1, -0.05) is 12.8 Å². The van der Waals surface area contributed by atoms with E-state index in [9.17, 15) is 4.79 Å². The zero-order valence-electron chi connectivity index (χ0n) is 13.6. The molecule has 3 rings (SSSR count). The Labute approximate surface area is 140 Å². The molecular formula is C17H22N2O3S. The number of H-pyrrole nitrogens is 1. The third-order valence-electron chi connectivity index (χ3n) is 4.28. The van der Waals surface area contributed by atoms with E-state index in [1.54, 1.807) is 16.7 Å². The lowest BCUT2D eigenvalue weighted by atomic mass is 10.2. The minimum Gasteiger partial charge on any atom is -0.490 e. The van der Waals surface area contributed by atoms with Gasteiger partial charge >= 0.3 is 0 Å². The van der Waals surface area contributed by atoms with E-state index < -0.39 is 0 Å². The van der Waals surface area contributed by atoms with Crippen LogP contribution < -0.4 is 15.0 Å². The lowest BCUT2D eigenvalue weighted by Crippen LogP contribution is -2.25. The monoisotopic (exact) mass is 334 g/mol. The zero-order chi connectivity index (χ0) is 16.4. The van der Waals surface area contributed by atoms with Gasteiger partial charge in [0.1, 0.15) is 0 Å². The predicted molar refractivity (Wildman–Crippen MR) is 93.2 cm³/mol. The van der Waals surface area contributed by atoms with Crippen molar-refractivity contribution in [1.82, 2.24) is 9.55 Å². The number of aromatic nitrogens is 2. The van der Waals surface area contributed by atoms with Crippen molar-refractivity contribution in [3.63, 3.8) is 0 Å². The van der Waals surface area contributed by atoms with Crippen LogP contribution in [0, 0.1) is 4.77 Å². The van der Waals surface area contributed by atoms with E-state index in [1.165, 1.54) is 0 Å². The maximum absolute atomic E-state index is 12.9. The van der Waals surface area contributed by atoms with Gasteiger partial charge in [-0.15, -0.1) is 0 Å². The molecule has 1 heterocycles. The highest BCUT2D eigenvalue weighted by molar-refractivity contribution is 7.71. The van der Waals surface area contributed by atoms with E-state index >= 15 is 0 Å². The first kappa shape index (κ1) is 16.1. The van der Waals surface area contributed by atoms with E-state index in [2.05, 4.69) is 4.98 Å². The Morgan fingerprint density at radius 3 is 2.39 bits per heavy atom. The van der Waals surface area contributed by atoms with Crippen LogP contribution in [0.15, 0.2) is 16.9 Å². The fourth-order valence-electron chi connectivity index (χ4n) is 3.27. The highest BCUT2D eigenvalue weighted by Gasteiger charge is 2.21. The summed E-state index contributed by atoms with van der Waals surface area (Å²) in [6, 6.07) is 3.78. The molecule has 1 N–H and O–H groups in total. The Bertz CT molecular complexity index is 819.